The molecule has 2 aromatic rings. The number of nitrogens with one attached hydrogen (secondary N) is 1. The molecule has 1 aliphatic rings. The van der Waals surface area contributed by atoms with Gasteiger partial charge in [0.25, 0.3) is 5.91 Å². The first kappa shape index (κ1) is 14.9. The fourth-order valence-corrected chi connectivity index (χ4v) is 2.83. The van der Waals surface area contributed by atoms with Crippen LogP contribution in [0.3, 0.4) is 0 Å². The van der Waals surface area contributed by atoms with E-state index in [1.807, 2.05) is 4.90 Å². The first-order valence-electron chi connectivity index (χ1n) is 7.21. The third kappa shape index (κ3) is 2.95. The van der Waals surface area contributed by atoms with Gasteiger partial charge in [0.1, 0.15) is 5.75 Å². The highest BCUT2D eigenvalue weighted by atomic mass is 35.5. The second kappa shape index (κ2) is 5.65. The van der Waals surface area contributed by atoms with Crippen molar-refractivity contribution in [1.82, 2.24) is 15.1 Å². The van der Waals surface area contributed by atoms with Crippen LogP contribution in [0.4, 0.5) is 0 Å². The molecule has 0 unspecified atom stereocenters. The predicted molar refractivity (Wildman–Crippen MR) is 83.9 cm³/mol. The number of benzene rings is 1. The molecule has 6 heteroatoms. The number of hydrogen-bond donors (Lipinski definition) is 1. The number of aromatic nitrogens is 2. The van der Waals surface area contributed by atoms with E-state index in [4.69, 9.17) is 16.3 Å². The Balaban J connectivity index is 1.73. The Labute approximate surface area is 134 Å². The lowest BCUT2D eigenvalue weighted by molar-refractivity contribution is -0.146. The third-order valence-electron chi connectivity index (χ3n) is 3.77. The molecule has 0 aliphatic carbocycles. The predicted octanol–water partition coefficient (Wildman–Crippen LogP) is 2.81. The molecule has 0 atom stereocenters. The van der Waals surface area contributed by atoms with E-state index in [9.17, 15) is 4.79 Å². The van der Waals surface area contributed by atoms with Crippen LogP contribution >= 0.6 is 11.6 Å². The van der Waals surface area contributed by atoms with E-state index in [1.54, 1.807) is 44.3 Å². The van der Waals surface area contributed by atoms with Gasteiger partial charge in [-0.25, -0.2) is 0 Å². The standard InChI is InChI=1S/C16H18ClN3O2/c1-16(2,22-13-5-3-4-12(17)8-13)15(21)20-7-6-14-11(10-20)9-18-19-14/h3-5,8-9H,6-7,10H2,1-2H3,(H,18,19). The molecule has 0 bridgehead atoms. The van der Waals surface area contributed by atoms with Gasteiger partial charge in [-0.3, -0.25) is 9.89 Å². The molecular formula is C16H18ClN3O2. The average molecular weight is 320 g/mol. The van der Waals surface area contributed by atoms with E-state index < -0.39 is 5.60 Å². The van der Waals surface area contributed by atoms with Crippen LogP contribution < -0.4 is 4.74 Å². The largest absolute Gasteiger partial charge is 0.478 e. The van der Waals surface area contributed by atoms with E-state index in [2.05, 4.69) is 10.2 Å². The van der Waals surface area contributed by atoms with Crippen LogP contribution in [0, 0.1) is 0 Å². The van der Waals surface area contributed by atoms with Crippen LogP contribution in [-0.2, 0) is 17.8 Å². The minimum Gasteiger partial charge on any atom is -0.478 e. The molecule has 116 valence electrons. The van der Waals surface area contributed by atoms with E-state index in [-0.39, 0.29) is 5.91 Å². The van der Waals surface area contributed by atoms with E-state index >= 15 is 0 Å². The maximum absolute atomic E-state index is 12.8. The zero-order chi connectivity index (χ0) is 15.7. The molecule has 3 rings (SSSR count). The summed E-state index contributed by atoms with van der Waals surface area (Å²) in [5.74, 6) is 0.547. The van der Waals surface area contributed by atoms with Crippen LogP contribution in [-0.4, -0.2) is 33.2 Å². The number of hydrogen-bond acceptors (Lipinski definition) is 3. The van der Waals surface area contributed by atoms with E-state index in [0.29, 0.717) is 23.9 Å². The number of carbonyl (C=O) groups is 1. The topological polar surface area (TPSA) is 58.2 Å². The van der Waals surface area contributed by atoms with Crippen molar-refractivity contribution in [2.24, 2.45) is 0 Å². The summed E-state index contributed by atoms with van der Waals surface area (Å²) in [6.45, 7) is 4.78. The molecule has 2 heterocycles. The number of carbonyl (C=O) groups excluding carboxylic acids is 1. The Morgan fingerprint density at radius 2 is 2.27 bits per heavy atom. The van der Waals surface area contributed by atoms with E-state index in [1.165, 1.54) is 0 Å². The van der Waals surface area contributed by atoms with Crippen molar-refractivity contribution in [1.29, 1.82) is 0 Å². The van der Waals surface area contributed by atoms with Gasteiger partial charge < -0.3 is 9.64 Å². The molecule has 1 amide bonds. The molecule has 0 saturated heterocycles. The summed E-state index contributed by atoms with van der Waals surface area (Å²) in [7, 11) is 0. The average Bonchev–Trinajstić information content (AvgIpc) is 2.93. The molecule has 0 fully saturated rings. The number of rotatable bonds is 3. The molecule has 1 aromatic carbocycles. The first-order valence-corrected chi connectivity index (χ1v) is 7.58. The van der Waals surface area contributed by atoms with Gasteiger partial charge in [0, 0.05) is 35.8 Å². The second-order valence-electron chi connectivity index (χ2n) is 5.92. The van der Waals surface area contributed by atoms with Crippen LogP contribution in [0.25, 0.3) is 0 Å². The van der Waals surface area contributed by atoms with Crippen molar-refractivity contribution in [3.63, 3.8) is 0 Å². The molecule has 1 aromatic heterocycles. The summed E-state index contributed by atoms with van der Waals surface area (Å²) < 4.78 is 5.87. The zero-order valence-corrected chi connectivity index (χ0v) is 13.4. The molecular weight excluding hydrogens is 302 g/mol. The lowest BCUT2D eigenvalue weighted by atomic mass is 10.0. The number of H-pyrrole nitrogens is 1. The molecule has 0 radical (unpaired) electrons. The molecule has 0 spiro atoms. The second-order valence-corrected chi connectivity index (χ2v) is 6.36. The van der Waals surface area contributed by atoms with Gasteiger partial charge in [0.05, 0.1) is 6.20 Å². The lowest BCUT2D eigenvalue weighted by Gasteiger charge is -2.34. The highest BCUT2D eigenvalue weighted by Gasteiger charge is 2.36. The molecule has 1 aliphatic heterocycles. The molecule has 0 saturated carbocycles. The summed E-state index contributed by atoms with van der Waals surface area (Å²) in [5.41, 5.74) is 1.22. The Bertz CT molecular complexity index is 696. The Morgan fingerprint density at radius 1 is 1.45 bits per heavy atom. The first-order chi connectivity index (χ1) is 10.5. The van der Waals surface area contributed by atoms with Crippen LogP contribution in [0.15, 0.2) is 30.5 Å². The fourth-order valence-electron chi connectivity index (χ4n) is 2.64. The normalized spacial score (nSPS) is 14.6. The monoisotopic (exact) mass is 319 g/mol. The Morgan fingerprint density at radius 3 is 3.05 bits per heavy atom. The van der Waals surface area contributed by atoms with Gasteiger partial charge in [0.2, 0.25) is 0 Å². The number of halogens is 1. The van der Waals surface area contributed by atoms with Crippen molar-refractivity contribution in [2.45, 2.75) is 32.4 Å². The third-order valence-corrected chi connectivity index (χ3v) is 4.01. The fraction of sp³-hybridized carbons (Fsp3) is 0.375. The molecule has 5 nitrogen and oxygen atoms in total. The van der Waals surface area contributed by atoms with Crippen LogP contribution in [0.2, 0.25) is 5.02 Å². The maximum atomic E-state index is 12.8. The van der Waals surface area contributed by atoms with Crippen molar-refractivity contribution in [3.05, 3.63) is 46.7 Å². The minimum atomic E-state index is -0.952. The van der Waals surface area contributed by atoms with Crippen molar-refractivity contribution in [3.8, 4) is 5.75 Å². The highest BCUT2D eigenvalue weighted by molar-refractivity contribution is 6.30. The SMILES string of the molecule is CC(C)(Oc1cccc(Cl)c1)C(=O)N1CCc2[nH]ncc2C1. The number of nitrogens with zero attached hydrogens (tertiary/aromatic N) is 2. The quantitative estimate of drug-likeness (QED) is 0.946. The zero-order valence-electron chi connectivity index (χ0n) is 12.6. The summed E-state index contributed by atoms with van der Waals surface area (Å²) >= 11 is 5.96. The summed E-state index contributed by atoms with van der Waals surface area (Å²) in [6.07, 6.45) is 2.56. The van der Waals surface area contributed by atoms with Gasteiger partial charge in [-0.2, -0.15) is 5.10 Å². The van der Waals surface area contributed by atoms with Gasteiger partial charge in [-0.15, -0.1) is 0 Å². The number of fused-ring (bicyclic) bond motifs is 1. The van der Waals surface area contributed by atoms with Gasteiger partial charge in [-0.05, 0) is 32.0 Å². The lowest BCUT2D eigenvalue weighted by Crippen LogP contribution is -2.50. The smallest absolute Gasteiger partial charge is 0.266 e. The highest BCUT2D eigenvalue weighted by Crippen LogP contribution is 2.25. The van der Waals surface area contributed by atoms with E-state index in [0.717, 1.165) is 17.7 Å². The summed E-state index contributed by atoms with van der Waals surface area (Å²) in [6, 6.07) is 7.08. The maximum Gasteiger partial charge on any atom is 0.266 e. The van der Waals surface area contributed by atoms with Crippen molar-refractivity contribution in [2.75, 3.05) is 6.54 Å². The van der Waals surface area contributed by atoms with Crippen LogP contribution in [0.1, 0.15) is 25.1 Å². The number of amides is 1. The van der Waals surface area contributed by atoms with Gasteiger partial charge in [0.15, 0.2) is 5.60 Å². The van der Waals surface area contributed by atoms with Crippen LogP contribution in [0.5, 0.6) is 5.75 Å². The molecule has 22 heavy (non-hydrogen) atoms. The summed E-state index contributed by atoms with van der Waals surface area (Å²) in [4.78, 5) is 14.6. The number of aromatic amines is 1. The summed E-state index contributed by atoms with van der Waals surface area (Å²) in [5, 5.41) is 7.58. The van der Waals surface area contributed by atoms with Crippen molar-refractivity contribution >= 4 is 17.5 Å². The minimum absolute atomic E-state index is 0.0423. The van der Waals surface area contributed by atoms with Crippen molar-refractivity contribution < 1.29 is 9.53 Å². The Hall–Kier alpha value is -2.01. The van der Waals surface area contributed by atoms with Gasteiger partial charge in [-0.1, -0.05) is 17.7 Å². The Kier molecular flexibility index (Phi) is 3.83. The molecule has 1 N–H and O–H groups in total. The number of ether oxygens (including phenoxy) is 1. The van der Waals surface area contributed by atoms with Gasteiger partial charge >= 0.3 is 0 Å².